The van der Waals surface area contributed by atoms with Crippen LogP contribution in [0.4, 0.5) is 0 Å². The van der Waals surface area contributed by atoms with Crippen LogP contribution < -0.4 is 16.6 Å². The summed E-state index contributed by atoms with van der Waals surface area (Å²) in [7, 11) is 0. The number of para-hydroxylation sites is 1. The van der Waals surface area contributed by atoms with E-state index in [0.29, 0.717) is 24.1 Å². The maximum atomic E-state index is 13.1. The molecule has 3 aromatic rings. The Balaban J connectivity index is 1.71. The van der Waals surface area contributed by atoms with E-state index >= 15 is 0 Å². The molecule has 7 heteroatoms. The van der Waals surface area contributed by atoms with E-state index in [1.165, 1.54) is 0 Å². The average Bonchev–Trinajstić information content (AvgIpc) is 3.26. The number of aromatic amines is 1. The van der Waals surface area contributed by atoms with Crippen LogP contribution in [0, 0.1) is 0 Å². The third-order valence-electron chi connectivity index (χ3n) is 5.25. The molecule has 29 heavy (non-hydrogen) atoms. The van der Waals surface area contributed by atoms with Gasteiger partial charge >= 0.3 is 5.69 Å². The monoisotopic (exact) mass is 393 g/mol. The molecule has 1 saturated heterocycles. The Hall–Kier alpha value is -3.19. The summed E-state index contributed by atoms with van der Waals surface area (Å²) >= 11 is 0. The first-order valence-corrected chi connectivity index (χ1v) is 9.80. The second-order valence-corrected chi connectivity index (χ2v) is 7.24. The first kappa shape index (κ1) is 19.1. The minimum atomic E-state index is -0.959. The van der Waals surface area contributed by atoms with E-state index in [0.717, 1.165) is 23.0 Å². The van der Waals surface area contributed by atoms with Gasteiger partial charge in [-0.15, -0.1) is 0 Å². The SMILES string of the molecule is O=C(NC[C@H]1CCCO1)[C@@H](Cc1ccccc1)n1c(=O)[nH]c2ccccc2c1=O. The van der Waals surface area contributed by atoms with Crippen molar-refractivity contribution in [2.24, 2.45) is 0 Å². The molecule has 1 aliphatic rings. The van der Waals surface area contributed by atoms with Crippen molar-refractivity contribution < 1.29 is 9.53 Å². The Morgan fingerprint density at radius 1 is 1.14 bits per heavy atom. The fourth-order valence-electron chi connectivity index (χ4n) is 3.74. The lowest BCUT2D eigenvalue weighted by atomic mass is 10.0. The summed E-state index contributed by atoms with van der Waals surface area (Å²) in [6, 6.07) is 15.2. The van der Waals surface area contributed by atoms with Crippen molar-refractivity contribution in [3.8, 4) is 0 Å². The van der Waals surface area contributed by atoms with E-state index in [1.807, 2.05) is 30.3 Å². The smallest absolute Gasteiger partial charge is 0.329 e. The summed E-state index contributed by atoms with van der Waals surface area (Å²) in [6.45, 7) is 1.06. The lowest BCUT2D eigenvalue weighted by Crippen LogP contribution is -2.46. The standard InChI is InChI=1S/C22H23N3O4/c26-20(23-14-16-9-6-12-29-16)19(13-15-7-2-1-3-8-15)25-21(27)17-10-4-5-11-18(17)24-22(25)28/h1-5,7-8,10-11,16,19H,6,9,12-14H2,(H,23,26)(H,24,28)/t16-,19-/m1/s1. The molecular weight excluding hydrogens is 370 g/mol. The molecule has 1 amide bonds. The van der Waals surface area contributed by atoms with Crippen LogP contribution in [0.5, 0.6) is 0 Å². The van der Waals surface area contributed by atoms with Crippen LogP contribution in [-0.2, 0) is 16.0 Å². The average molecular weight is 393 g/mol. The molecule has 0 aliphatic carbocycles. The van der Waals surface area contributed by atoms with E-state index in [4.69, 9.17) is 4.74 Å². The minimum absolute atomic E-state index is 0.0251. The minimum Gasteiger partial charge on any atom is -0.376 e. The highest BCUT2D eigenvalue weighted by atomic mass is 16.5. The highest BCUT2D eigenvalue weighted by Gasteiger charge is 2.26. The van der Waals surface area contributed by atoms with Crippen LogP contribution in [0.1, 0.15) is 24.4 Å². The molecule has 150 valence electrons. The molecule has 7 nitrogen and oxygen atoms in total. The number of rotatable bonds is 6. The van der Waals surface area contributed by atoms with Gasteiger partial charge in [0.05, 0.1) is 17.0 Å². The molecule has 0 unspecified atom stereocenters. The molecule has 1 aromatic heterocycles. The van der Waals surface area contributed by atoms with Crippen LogP contribution >= 0.6 is 0 Å². The predicted molar refractivity (Wildman–Crippen MR) is 110 cm³/mol. The molecule has 0 saturated carbocycles. The quantitative estimate of drug-likeness (QED) is 0.668. The van der Waals surface area contributed by atoms with Crippen molar-refractivity contribution >= 4 is 16.8 Å². The topological polar surface area (TPSA) is 93.2 Å². The number of H-pyrrole nitrogens is 1. The Kier molecular flexibility index (Phi) is 5.57. The van der Waals surface area contributed by atoms with Gasteiger partial charge in [0, 0.05) is 19.6 Å². The van der Waals surface area contributed by atoms with Gasteiger partial charge in [0.15, 0.2) is 0 Å². The molecule has 2 aromatic carbocycles. The van der Waals surface area contributed by atoms with Gasteiger partial charge < -0.3 is 15.0 Å². The number of ether oxygens (including phenoxy) is 1. The number of hydrogen-bond acceptors (Lipinski definition) is 4. The predicted octanol–water partition coefficient (Wildman–Crippen LogP) is 1.77. The van der Waals surface area contributed by atoms with Gasteiger partial charge in [-0.3, -0.25) is 9.59 Å². The zero-order chi connectivity index (χ0) is 20.2. The number of benzene rings is 2. The Bertz CT molecular complexity index is 1110. The highest BCUT2D eigenvalue weighted by Crippen LogP contribution is 2.15. The maximum Gasteiger partial charge on any atom is 0.329 e. The van der Waals surface area contributed by atoms with E-state index < -0.39 is 17.3 Å². The normalized spacial score (nSPS) is 17.3. The number of nitrogens with zero attached hydrogens (tertiary/aromatic N) is 1. The number of fused-ring (bicyclic) bond motifs is 1. The summed E-state index contributed by atoms with van der Waals surface area (Å²) in [5.74, 6) is -0.368. The van der Waals surface area contributed by atoms with Gasteiger partial charge in [0.25, 0.3) is 5.56 Å². The number of nitrogens with one attached hydrogen (secondary N) is 2. The Morgan fingerprint density at radius 2 is 1.90 bits per heavy atom. The van der Waals surface area contributed by atoms with Gasteiger partial charge in [-0.2, -0.15) is 0 Å². The van der Waals surface area contributed by atoms with Gasteiger partial charge in [-0.05, 0) is 30.5 Å². The lowest BCUT2D eigenvalue weighted by Gasteiger charge is -2.20. The van der Waals surface area contributed by atoms with Gasteiger partial charge in [0.1, 0.15) is 6.04 Å². The zero-order valence-corrected chi connectivity index (χ0v) is 16.0. The fourth-order valence-corrected chi connectivity index (χ4v) is 3.74. The maximum absolute atomic E-state index is 13.1. The van der Waals surface area contributed by atoms with Crippen molar-refractivity contribution in [2.75, 3.05) is 13.2 Å². The molecule has 2 N–H and O–H groups in total. The molecule has 1 fully saturated rings. The van der Waals surface area contributed by atoms with Crippen molar-refractivity contribution in [3.05, 3.63) is 81.0 Å². The summed E-state index contributed by atoms with van der Waals surface area (Å²) in [5, 5.41) is 3.24. The van der Waals surface area contributed by atoms with Crippen LogP contribution in [0.25, 0.3) is 10.9 Å². The first-order chi connectivity index (χ1) is 14.1. The Morgan fingerprint density at radius 3 is 2.66 bits per heavy atom. The second-order valence-electron chi connectivity index (χ2n) is 7.24. The van der Waals surface area contributed by atoms with Crippen molar-refractivity contribution in [1.82, 2.24) is 14.9 Å². The summed E-state index contributed by atoms with van der Waals surface area (Å²) < 4.78 is 6.59. The number of hydrogen-bond donors (Lipinski definition) is 2. The van der Waals surface area contributed by atoms with Crippen LogP contribution in [0.15, 0.2) is 64.2 Å². The molecule has 4 rings (SSSR count). The van der Waals surface area contributed by atoms with Crippen molar-refractivity contribution in [1.29, 1.82) is 0 Å². The molecule has 0 radical (unpaired) electrons. The third kappa shape index (κ3) is 4.14. The van der Waals surface area contributed by atoms with Crippen LogP contribution in [0.2, 0.25) is 0 Å². The molecule has 0 bridgehead atoms. The number of carbonyl (C=O) groups is 1. The van der Waals surface area contributed by atoms with Gasteiger partial charge in [-0.1, -0.05) is 42.5 Å². The molecule has 0 spiro atoms. The molecule has 2 heterocycles. The van der Waals surface area contributed by atoms with Crippen LogP contribution in [0.3, 0.4) is 0 Å². The number of aromatic nitrogens is 2. The largest absolute Gasteiger partial charge is 0.376 e. The summed E-state index contributed by atoms with van der Waals surface area (Å²) in [5.41, 5.74) is 0.251. The number of amides is 1. The number of carbonyl (C=O) groups excluding carboxylic acids is 1. The van der Waals surface area contributed by atoms with E-state index in [-0.39, 0.29) is 18.4 Å². The molecular formula is C22H23N3O4. The van der Waals surface area contributed by atoms with Gasteiger partial charge in [0.2, 0.25) is 5.91 Å². The Labute approximate surface area is 167 Å². The molecule has 1 aliphatic heterocycles. The van der Waals surface area contributed by atoms with Crippen molar-refractivity contribution in [2.45, 2.75) is 31.4 Å². The second kappa shape index (κ2) is 8.45. The fraction of sp³-hybridized carbons (Fsp3) is 0.318. The lowest BCUT2D eigenvalue weighted by molar-refractivity contribution is -0.125. The zero-order valence-electron chi connectivity index (χ0n) is 16.0. The first-order valence-electron chi connectivity index (χ1n) is 9.80. The summed E-state index contributed by atoms with van der Waals surface area (Å²) in [6.07, 6.45) is 2.07. The van der Waals surface area contributed by atoms with E-state index in [1.54, 1.807) is 24.3 Å². The highest BCUT2D eigenvalue weighted by molar-refractivity contribution is 5.82. The third-order valence-corrected chi connectivity index (χ3v) is 5.25. The van der Waals surface area contributed by atoms with Gasteiger partial charge in [-0.25, -0.2) is 9.36 Å². The van der Waals surface area contributed by atoms with Crippen molar-refractivity contribution in [3.63, 3.8) is 0 Å². The van der Waals surface area contributed by atoms with E-state index in [9.17, 15) is 14.4 Å². The molecule has 2 atom stereocenters. The van der Waals surface area contributed by atoms with E-state index in [2.05, 4.69) is 10.3 Å². The summed E-state index contributed by atoms with van der Waals surface area (Å²) in [4.78, 5) is 41.6. The van der Waals surface area contributed by atoms with Crippen LogP contribution in [-0.4, -0.2) is 34.7 Å².